The number of rotatable bonds is 6. The molecule has 1 fully saturated rings. The molecular formula is C16H17FN2O3S2. The molecule has 128 valence electrons. The molecule has 3 rings (SSSR count). The molecule has 1 aliphatic heterocycles. The molecule has 0 saturated carbocycles. The quantitative estimate of drug-likeness (QED) is 0.850. The average Bonchev–Trinajstić information content (AvgIpc) is 3.19. The van der Waals surface area contributed by atoms with Crippen LogP contribution in [0.15, 0.2) is 46.0 Å². The number of amides is 1. The monoisotopic (exact) mass is 368 g/mol. The number of likely N-dealkylation sites (tertiary alicyclic amines) is 1. The van der Waals surface area contributed by atoms with E-state index in [4.69, 9.17) is 0 Å². The molecule has 2 aromatic rings. The summed E-state index contributed by atoms with van der Waals surface area (Å²) in [5.41, 5.74) is 0.851. The molecule has 8 heteroatoms. The van der Waals surface area contributed by atoms with E-state index in [-0.39, 0.29) is 28.4 Å². The van der Waals surface area contributed by atoms with E-state index in [9.17, 15) is 17.6 Å². The molecule has 5 nitrogen and oxygen atoms in total. The number of halogens is 1. The Morgan fingerprint density at radius 3 is 2.67 bits per heavy atom. The van der Waals surface area contributed by atoms with E-state index < -0.39 is 10.0 Å². The van der Waals surface area contributed by atoms with Gasteiger partial charge in [-0.1, -0.05) is 18.2 Å². The van der Waals surface area contributed by atoms with Gasteiger partial charge in [0.1, 0.15) is 10.0 Å². The number of thiophene rings is 1. The van der Waals surface area contributed by atoms with E-state index in [0.29, 0.717) is 19.5 Å². The van der Waals surface area contributed by atoms with E-state index in [1.54, 1.807) is 34.5 Å². The third-order valence-electron chi connectivity index (χ3n) is 3.90. The zero-order valence-electron chi connectivity index (χ0n) is 12.8. The molecule has 0 unspecified atom stereocenters. The van der Waals surface area contributed by atoms with Crippen LogP contribution in [0.1, 0.15) is 12.0 Å². The van der Waals surface area contributed by atoms with Crippen molar-refractivity contribution in [2.45, 2.75) is 17.2 Å². The van der Waals surface area contributed by atoms with Crippen molar-refractivity contribution in [2.75, 3.05) is 13.1 Å². The van der Waals surface area contributed by atoms with Crippen LogP contribution in [0, 0.1) is 11.7 Å². The van der Waals surface area contributed by atoms with Crippen molar-refractivity contribution in [1.82, 2.24) is 9.62 Å². The number of hydrogen-bond donors (Lipinski definition) is 1. The van der Waals surface area contributed by atoms with Crippen LogP contribution in [0.3, 0.4) is 0 Å². The van der Waals surface area contributed by atoms with Gasteiger partial charge >= 0.3 is 0 Å². The summed E-state index contributed by atoms with van der Waals surface area (Å²) in [5.74, 6) is -0.389. The lowest BCUT2D eigenvalue weighted by molar-refractivity contribution is -0.128. The highest BCUT2D eigenvalue weighted by atomic mass is 32.2. The summed E-state index contributed by atoms with van der Waals surface area (Å²) >= 11 is 1.16. The summed E-state index contributed by atoms with van der Waals surface area (Å²) < 4.78 is 40.0. The number of nitrogens with one attached hydrogen (secondary N) is 1. The third-order valence-corrected chi connectivity index (χ3v) is 6.72. The minimum Gasteiger partial charge on any atom is -0.338 e. The van der Waals surface area contributed by atoms with Crippen LogP contribution in [-0.2, 0) is 21.4 Å². The Balaban J connectivity index is 1.56. The first kappa shape index (κ1) is 17.1. The Hall–Kier alpha value is -1.77. The van der Waals surface area contributed by atoms with Gasteiger partial charge in [-0.3, -0.25) is 4.79 Å². The SMILES string of the molecule is O=C1C[C@@H](CNS(=O)(=O)c2cccs2)CN1Cc1ccc(F)cc1. The van der Waals surface area contributed by atoms with Crippen LogP contribution >= 0.6 is 11.3 Å². The van der Waals surface area contributed by atoms with Crippen molar-refractivity contribution in [3.63, 3.8) is 0 Å². The molecule has 1 aromatic heterocycles. The lowest BCUT2D eigenvalue weighted by Crippen LogP contribution is -2.30. The molecule has 0 aliphatic carbocycles. The molecular weight excluding hydrogens is 351 g/mol. The normalized spacial score (nSPS) is 18.3. The minimum atomic E-state index is -3.51. The Kier molecular flexibility index (Phi) is 4.98. The van der Waals surface area contributed by atoms with E-state index >= 15 is 0 Å². The van der Waals surface area contributed by atoms with Gasteiger partial charge in [-0.25, -0.2) is 17.5 Å². The van der Waals surface area contributed by atoms with E-state index in [1.807, 2.05) is 0 Å². The Morgan fingerprint density at radius 2 is 2.00 bits per heavy atom. The first-order valence-corrected chi connectivity index (χ1v) is 9.86. The second-order valence-corrected chi connectivity index (χ2v) is 8.70. The summed E-state index contributed by atoms with van der Waals surface area (Å²) in [6.07, 6.45) is 0.314. The van der Waals surface area contributed by atoms with Crippen molar-refractivity contribution in [3.05, 3.63) is 53.2 Å². The molecule has 1 aliphatic rings. The number of carbonyl (C=O) groups is 1. The number of sulfonamides is 1. The molecule has 0 bridgehead atoms. The predicted octanol–water partition coefficient (Wildman–Crippen LogP) is 2.21. The molecule has 1 saturated heterocycles. The van der Waals surface area contributed by atoms with Gasteiger partial charge in [0.2, 0.25) is 15.9 Å². The zero-order valence-corrected chi connectivity index (χ0v) is 14.4. The highest BCUT2D eigenvalue weighted by molar-refractivity contribution is 7.91. The fourth-order valence-corrected chi connectivity index (χ4v) is 4.82. The average molecular weight is 368 g/mol. The van der Waals surface area contributed by atoms with Crippen molar-refractivity contribution in [3.8, 4) is 0 Å². The van der Waals surface area contributed by atoms with Gasteiger partial charge in [0.15, 0.2) is 0 Å². The molecule has 0 spiro atoms. The number of benzene rings is 1. The van der Waals surface area contributed by atoms with E-state index in [0.717, 1.165) is 16.9 Å². The highest BCUT2D eigenvalue weighted by Gasteiger charge is 2.30. The Bertz CT molecular complexity index is 804. The number of nitrogens with zero attached hydrogens (tertiary/aromatic N) is 1. The van der Waals surface area contributed by atoms with Crippen LogP contribution in [0.5, 0.6) is 0 Å². The van der Waals surface area contributed by atoms with Gasteiger partial charge in [0.05, 0.1) is 0 Å². The number of carbonyl (C=O) groups excluding carboxylic acids is 1. The second kappa shape index (κ2) is 7.00. The van der Waals surface area contributed by atoms with Gasteiger partial charge in [-0.15, -0.1) is 11.3 Å². The summed E-state index contributed by atoms with van der Waals surface area (Å²) in [5, 5.41) is 1.71. The third kappa shape index (κ3) is 4.00. The standard InChI is InChI=1S/C16H17FN2O3S2/c17-14-5-3-12(4-6-14)10-19-11-13(8-15(19)20)9-18-24(21,22)16-2-1-7-23-16/h1-7,13,18H,8-11H2/t13-/m0/s1. The molecule has 2 heterocycles. The maximum absolute atomic E-state index is 12.9. The Morgan fingerprint density at radius 1 is 1.25 bits per heavy atom. The van der Waals surface area contributed by atoms with Gasteiger partial charge in [-0.2, -0.15) is 0 Å². The molecule has 1 aromatic carbocycles. The first-order chi connectivity index (χ1) is 11.4. The minimum absolute atomic E-state index is 0.0142. The highest BCUT2D eigenvalue weighted by Crippen LogP contribution is 2.21. The molecule has 24 heavy (non-hydrogen) atoms. The maximum Gasteiger partial charge on any atom is 0.250 e. The van der Waals surface area contributed by atoms with Crippen molar-refractivity contribution < 1.29 is 17.6 Å². The van der Waals surface area contributed by atoms with Gasteiger partial charge < -0.3 is 4.90 Å². The van der Waals surface area contributed by atoms with Crippen LogP contribution < -0.4 is 4.72 Å². The van der Waals surface area contributed by atoms with Gasteiger partial charge in [0, 0.05) is 26.1 Å². The Labute approximate surface area is 144 Å². The smallest absolute Gasteiger partial charge is 0.250 e. The van der Waals surface area contributed by atoms with Crippen molar-refractivity contribution >= 4 is 27.3 Å². The summed E-state index contributed by atoms with van der Waals surface area (Å²) in [6, 6.07) is 9.26. The van der Waals surface area contributed by atoms with E-state index in [1.165, 1.54) is 12.1 Å². The first-order valence-electron chi connectivity index (χ1n) is 7.49. The lowest BCUT2D eigenvalue weighted by Gasteiger charge is -2.17. The summed E-state index contributed by atoms with van der Waals surface area (Å²) in [4.78, 5) is 13.8. The van der Waals surface area contributed by atoms with Gasteiger partial charge in [0.25, 0.3) is 0 Å². The molecule has 1 N–H and O–H groups in total. The van der Waals surface area contributed by atoms with Crippen LogP contribution in [0.2, 0.25) is 0 Å². The maximum atomic E-state index is 12.9. The van der Waals surface area contributed by atoms with Crippen LogP contribution in [0.4, 0.5) is 4.39 Å². The number of hydrogen-bond acceptors (Lipinski definition) is 4. The molecule has 1 amide bonds. The van der Waals surface area contributed by atoms with Crippen molar-refractivity contribution in [1.29, 1.82) is 0 Å². The van der Waals surface area contributed by atoms with Gasteiger partial charge in [-0.05, 0) is 35.1 Å². The molecule has 1 atom stereocenters. The zero-order chi connectivity index (χ0) is 17.2. The summed E-state index contributed by atoms with van der Waals surface area (Å²) in [6.45, 7) is 1.13. The topological polar surface area (TPSA) is 66.5 Å². The predicted molar refractivity (Wildman–Crippen MR) is 89.4 cm³/mol. The summed E-state index contributed by atoms with van der Waals surface area (Å²) in [7, 11) is -3.51. The van der Waals surface area contributed by atoms with Crippen LogP contribution in [0.25, 0.3) is 0 Å². The van der Waals surface area contributed by atoms with E-state index in [2.05, 4.69) is 4.72 Å². The van der Waals surface area contributed by atoms with Crippen molar-refractivity contribution in [2.24, 2.45) is 5.92 Å². The lowest BCUT2D eigenvalue weighted by atomic mass is 10.1. The largest absolute Gasteiger partial charge is 0.338 e. The molecule has 0 radical (unpaired) electrons. The fourth-order valence-electron chi connectivity index (χ4n) is 2.67. The second-order valence-electron chi connectivity index (χ2n) is 5.75. The van der Waals surface area contributed by atoms with Crippen LogP contribution in [-0.4, -0.2) is 32.3 Å². The fraction of sp³-hybridized carbons (Fsp3) is 0.312.